The van der Waals surface area contributed by atoms with Crippen molar-refractivity contribution in [2.75, 3.05) is 13.3 Å². The molecule has 1 unspecified atom stereocenters. The summed E-state index contributed by atoms with van der Waals surface area (Å²) in [4.78, 5) is 45.3. The Morgan fingerprint density at radius 3 is 2.45 bits per heavy atom. The van der Waals surface area contributed by atoms with Crippen LogP contribution < -0.4 is 5.32 Å². The van der Waals surface area contributed by atoms with Gasteiger partial charge in [-0.2, -0.15) is 0 Å². The van der Waals surface area contributed by atoms with Crippen LogP contribution in [0.25, 0.3) is 11.3 Å². The number of hydrogen-bond donors (Lipinski definition) is 1. The first kappa shape index (κ1) is 25.7. The van der Waals surface area contributed by atoms with Crippen LogP contribution in [-0.2, 0) is 39.1 Å². The highest BCUT2D eigenvalue weighted by molar-refractivity contribution is 7.90. The SMILES string of the molecule is CN(Cc1ccc(S(C)(=O)=O)cc1)Cc1ccnc(-c2ccc3c(c2)CN(C2CCC(=O)NC2=O)C3=O)c1. The van der Waals surface area contributed by atoms with Gasteiger partial charge in [-0.25, -0.2) is 8.42 Å². The van der Waals surface area contributed by atoms with Crippen LogP contribution in [0, 0.1) is 0 Å². The van der Waals surface area contributed by atoms with E-state index in [1.165, 1.54) is 11.2 Å². The largest absolute Gasteiger partial charge is 0.322 e. The molecule has 2 aliphatic rings. The van der Waals surface area contributed by atoms with Crippen LogP contribution in [0.5, 0.6) is 0 Å². The molecule has 0 spiro atoms. The summed E-state index contributed by atoms with van der Waals surface area (Å²) in [6, 6.07) is 15.8. The Morgan fingerprint density at radius 2 is 1.74 bits per heavy atom. The van der Waals surface area contributed by atoms with E-state index in [2.05, 4.69) is 15.2 Å². The van der Waals surface area contributed by atoms with Crippen molar-refractivity contribution >= 4 is 27.6 Å². The summed E-state index contributed by atoms with van der Waals surface area (Å²) in [5.74, 6) is -0.930. The standard InChI is InChI=1S/C28H28N4O5S/c1-31(15-18-3-6-22(7-4-18)38(2,36)37)16-19-11-12-29-24(13-19)20-5-8-23-21(14-20)17-32(28(23)35)25-9-10-26(33)30-27(25)34/h3-8,11-14,25H,9-10,15-17H2,1-2H3,(H,30,33,34). The van der Waals surface area contributed by atoms with Crippen LogP contribution in [-0.4, -0.2) is 60.3 Å². The third-order valence-electron chi connectivity index (χ3n) is 6.90. The molecular weight excluding hydrogens is 504 g/mol. The van der Waals surface area contributed by atoms with Gasteiger partial charge in [-0.15, -0.1) is 0 Å². The number of pyridine rings is 1. The van der Waals surface area contributed by atoms with Crippen LogP contribution in [0.15, 0.2) is 65.7 Å². The minimum atomic E-state index is -3.22. The van der Waals surface area contributed by atoms with Gasteiger partial charge in [0.25, 0.3) is 5.91 Å². The fraction of sp³-hybridized carbons (Fsp3) is 0.286. The predicted octanol–water partition coefficient (Wildman–Crippen LogP) is 2.55. The molecule has 2 aromatic carbocycles. The highest BCUT2D eigenvalue weighted by Crippen LogP contribution is 2.31. The third kappa shape index (κ3) is 5.36. The van der Waals surface area contributed by atoms with Gasteiger partial charge in [0.15, 0.2) is 9.84 Å². The minimum Gasteiger partial charge on any atom is -0.322 e. The van der Waals surface area contributed by atoms with Crippen molar-refractivity contribution < 1.29 is 22.8 Å². The fourth-order valence-corrected chi connectivity index (χ4v) is 5.62. The summed E-state index contributed by atoms with van der Waals surface area (Å²) in [7, 11) is -1.22. The van der Waals surface area contributed by atoms with Crippen LogP contribution in [0.4, 0.5) is 0 Å². The number of rotatable bonds is 7. The zero-order chi connectivity index (χ0) is 27.0. The molecule has 2 aliphatic heterocycles. The molecule has 0 saturated carbocycles. The van der Waals surface area contributed by atoms with E-state index in [4.69, 9.17) is 0 Å². The van der Waals surface area contributed by atoms with E-state index in [1.54, 1.807) is 24.4 Å². The quantitative estimate of drug-likeness (QED) is 0.465. The van der Waals surface area contributed by atoms with Gasteiger partial charge >= 0.3 is 0 Å². The molecule has 3 aromatic rings. The Bertz CT molecular complexity index is 1540. The van der Waals surface area contributed by atoms with E-state index in [0.717, 1.165) is 27.9 Å². The first-order valence-electron chi connectivity index (χ1n) is 12.3. The van der Waals surface area contributed by atoms with Gasteiger partial charge in [-0.05, 0) is 66.6 Å². The second-order valence-corrected chi connectivity index (χ2v) is 11.9. The number of amides is 3. The molecule has 3 heterocycles. The van der Waals surface area contributed by atoms with Gasteiger partial charge in [0.1, 0.15) is 6.04 Å². The van der Waals surface area contributed by atoms with Crippen molar-refractivity contribution in [2.24, 2.45) is 0 Å². The average molecular weight is 533 g/mol. The normalized spacial score (nSPS) is 17.6. The highest BCUT2D eigenvalue weighted by atomic mass is 32.2. The van der Waals surface area contributed by atoms with Gasteiger partial charge in [0, 0.05) is 49.6 Å². The van der Waals surface area contributed by atoms with E-state index in [-0.39, 0.29) is 18.2 Å². The molecule has 1 atom stereocenters. The zero-order valence-electron chi connectivity index (χ0n) is 21.2. The number of benzene rings is 2. The van der Waals surface area contributed by atoms with Crippen LogP contribution >= 0.6 is 0 Å². The maximum absolute atomic E-state index is 13.0. The van der Waals surface area contributed by atoms with Crippen LogP contribution in [0.3, 0.4) is 0 Å². The number of nitrogens with zero attached hydrogens (tertiary/aromatic N) is 3. The van der Waals surface area contributed by atoms with Crippen molar-refractivity contribution in [3.63, 3.8) is 0 Å². The van der Waals surface area contributed by atoms with E-state index < -0.39 is 21.8 Å². The molecule has 196 valence electrons. The fourth-order valence-electron chi connectivity index (χ4n) is 4.99. The smallest absolute Gasteiger partial charge is 0.255 e. The Morgan fingerprint density at radius 1 is 1.00 bits per heavy atom. The molecular formula is C28H28N4O5S. The Kier molecular flexibility index (Phi) is 6.85. The number of piperidine rings is 1. The molecule has 0 aliphatic carbocycles. The summed E-state index contributed by atoms with van der Waals surface area (Å²) >= 11 is 0. The third-order valence-corrected chi connectivity index (χ3v) is 8.03. The van der Waals surface area contributed by atoms with Crippen LogP contribution in [0.2, 0.25) is 0 Å². The van der Waals surface area contributed by atoms with E-state index in [9.17, 15) is 22.8 Å². The van der Waals surface area contributed by atoms with Gasteiger partial charge in [0.05, 0.1) is 10.6 Å². The second kappa shape index (κ2) is 10.1. The van der Waals surface area contributed by atoms with Crippen LogP contribution in [0.1, 0.15) is 39.9 Å². The number of carbonyl (C=O) groups is 3. The molecule has 5 rings (SSSR count). The number of imide groups is 1. The van der Waals surface area contributed by atoms with Crippen molar-refractivity contribution in [3.05, 3.63) is 83.0 Å². The Labute approximate surface area is 221 Å². The molecule has 0 radical (unpaired) electrons. The molecule has 3 amide bonds. The van der Waals surface area contributed by atoms with E-state index in [1.807, 2.05) is 43.4 Å². The molecule has 1 aromatic heterocycles. The molecule has 1 saturated heterocycles. The highest BCUT2D eigenvalue weighted by Gasteiger charge is 2.39. The lowest BCUT2D eigenvalue weighted by Crippen LogP contribution is -2.52. The van der Waals surface area contributed by atoms with Crippen molar-refractivity contribution in [1.29, 1.82) is 0 Å². The second-order valence-electron chi connectivity index (χ2n) is 9.91. The number of nitrogens with one attached hydrogen (secondary N) is 1. The van der Waals surface area contributed by atoms with E-state index in [0.29, 0.717) is 36.5 Å². The molecule has 9 nitrogen and oxygen atoms in total. The maximum Gasteiger partial charge on any atom is 0.255 e. The van der Waals surface area contributed by atoms with Crippen molar-refractivity contribution in [1.82, 2.24) is 20.1 Å². The average Bonchev–Trinajstić information content (AvgIpc) is 3.19. The van der Waals surface area contributed by atoms with Gasteiger partial charge < -0.3 is 4.90 Å². The molecule has 10 heteroatoms. The van der Waals surface area contributed by atoms with Crippen molar-refractivity contribution in [3.8, 4) is 11.3 Å². The number of aromatic nitrogens is 1. The summed E-state index contributed by atoms with van der Waals surface area (Å²) in [6.07, 6.45) is 3.50. The number of hydrogen-bond acceptors (Lipinski definition) is 7. The van der Waals surface area contributed by atoms with Gasteiger partial charge in [0.2, 0.25) is 11.8 Å². The molecule has 0 bridgehead atoms. The maximum atomic E-state index is 13.0. The first-order chi connectivity index (χ1) is 18.1. The summed E-state index contributed by atoms with van der Waals surface area (Å²) in [5.41, 5.74) is 5.13. The lowest BCUT2D eigenvalue weighted by molar-refractivity contribution is -0.136. The van der Waals surface area contributed by atoms with E-state index >= 15 is 0 Å². The summed E-state index contributed by atoms with van der Waals surface area (Å²) in [5, 5.41) is 2.33. The van der Waals surface area contributed by atoms with Gasteiger partial charge in [-0.1, -0.05) is 18.2 Å². The Hall–Kier alpha value is -3.89. The zero-order valence-corrected chi connectivity index (χ0v) is 22.0. The predicted molar refractivity (Wildman–Crippen MR) is 140 cm³/mol. The number of fused-ring (bicyclic) bond motifs is 1. The molecule has 1 N–H and O–H groups in total. The lowest BCUT2D eigenvalue weighted by Gasteiger charge is -2.29. The minimum absolute atomic E-state index is 0.200. The monoisotopic (exact) mass is 532 g/mol. The summed E-state index contributed by atoms with van der Waals surface area (Å²) < 4.78 is 23.4. The Balaban J connectivity index is 1.28. The topological polar surface area (TPSA) is 117 Å². The van der Waals surface area contributed by atoms with Crippen molar-refractivity contribution in [2.45, 2.75) is 43.4 Å². The number of sulfone groups is 1. The first-order valence-corrected chi connectivity index (χ1v) is 14.2. The van der Waals surface area contributed by atoms with Gasteiger partial charge in [-0.3, -0.25) is 29.6 Å². The lowest BCUT2D eigenvalue weighted by atomic mass is 10.0. The number of carbonyl (C=O) groups excluding carboxylic acids is 3. The molecule has 1 fully saturated rings. The summed E-state index contributed by atoms with van der Waals surface area (Å²) in [6.45, 7) is 1.63. The molecule has 38 heavy (non-hydrogen) atoms.